The second-order valence-electron chi connectivity index (χ2n) is 8.61. The SMILES string of the molecule is C[C@@H]1CN(c2cc(=O)n(C)c3ccc(C#N)nc23)CC[C@H]1Oc1cccc2c1OCCCO2. The average molecular weight is 447 g/mol. The van der Waals surface area contributed by atoms with Crippen LogP contribution in [0, 0.1) is 17.2 Å². The maximum absolute atomic E-state index is 12.6. The van der Waals surface area contributed by atoms with Gasteiger partial charge in [-0.3, -0.25) is 4.79 Å². The molecule has 3 aromatic rings. The first-order valence-electron chi connectivity index (χ1n) is 11.3. The summed E-state index contributed by atoms with van der Waals surface area (Å²) in [6.45, 7) is 4.81. The van der Waals surface area contributed by atoms with Crippen LogP contribution >= 0.6 is 0 Å². The van der Waals surface area contributed by atoms with Gasteiger partial charge in [-0.15, -0.1) is 0 Å². The molecule has 5 rings (SSSR count). The van der Waals surface area contributed by atoms with Gasteiger partial charge in [-0.05, 0) is 24.3 Å². The molecule has 2 aromatic heterocycles. The first kappa shape index (κ1) is 21.1. The van der Waals surface area contributed by atoms with Gasteiger partial charge in [-0.2, -0.15) is 5.26 Å². The van der Waals surface area contributed by atoms with Gasteiger partial charge in [0.1, 0.15) is 23.4 Å². The van der Waals surface area contributed by atoms with Crippen LogP contribution in [-0.4, -0.2) is 42.0 Å². The van der Waals surface area contributed by atoms with Crippen molar-refractivity contribution >= 4 is 16.7 Å². The Morgan fingerprint density at radius 3 is 2.88 bits per heavy atom. The topological polar surface area (TPSA) is 89.6 Å². The van der Waals surface area contributed by atoms with Gasteiger partial charge < -0.3 is 23.7 Å². The van der Waals surface area contributed by atoms with Crippen molar-refractivity contribution in [2.75, 3.05) is 31.2 Å². The summed E-state index contributed by atoms with van der Waals surface area (Å²) in [6, 6.07) is 12.9. The van der Waals surface area contributed by atoms with E-state index in [-0.39, 0.29) is 17.6 Å². The van der Waals surface area contributed by atoms with Gasteiger partial charge in [0.2, 0.25) is 5.75 Å². The van der Waals surface area contributed by atoms with Crippen molar-refractivity contribution in [3.05, 3.63) is 52.4 Å². The maximum atomic E-state index is 12.6. The molecule has 0 bridgehead atoms. The molecule has 0 aliphatic carbocycles. The third-order valence-corrected chi connectivity index (χ3v) is 6.36. The summed E-state index contributed by atoms with van der Waals surface area (Å²) >= 11 is 0. The molecule has 1 saturated heterocycles. The van der Waals surface area contributed by atoms with E-state index in [1.165, 1.54) is 0 Å². The lowest BCUT2D eigenvalue weighted by Gasteiger charge is -2.38. The zero-order chi connectivity index (χ0) is 22.9. The van der Waals surface area contributed by atoms with E-state index in [9.17, 15) is 10.1 Å². The Morgan fingerprint density at radius 1 is 1.21 bits per heavy atom. The average Bonchev–Trinajstić information content (AvgIpc) is 3.08. The first-order chi connectivity index (χ1) is 16.0. The molecule has 170 valence electrons. The van der Waals surface area contributed by atoms with Crippen LogP contribution in [0.15, 0.2) is 41.2 Å². The highest BCUT2D eigenvalue weighted by Gasteiger charge is 2.30. The van der Waals surface area contributed by atoms with Crippen LogP contribution in [0.1, 0.15) is 25.5 Å². The van der Waals surface area contributed by atoms with Crippen LogP contribution in [0.4, 0.5) is 5.69 Å². The Kier molecular flexibility index (Phi) is 5.55. The predicted octanol–water partition coefficient (Wildman–Crippen LogP) is 3.26. The van der Waals surface area contributed by atoms with E-state index in [2.05, 4.69) is 22.9 Å². The Morgan fingerprint density at radius 2 is 2.06 bits per heavy atom. The zero-order valence-electron chi connectivity index (χ0n) is 18.8. The molecular formula is C25H26N4O4. The van der Waals surface area contributed by atoms with Crippen molar-refractivity contribution in [3.8, 4) is 23.3 Å². The van der Waals surface area contributed by atoms with Gasteiger partial charge in [0, 0.05) is 45.0 Å². The Hall–Kier alpha value is -3.73. The molecule has 0 N–H and O–H groups in total. The van der Waals surface area contributed by atoms with E-state index in [1.54, 1.807) is 29.8 Å². The van der Waals surface area contributed by atoms with Crippen LogP contribution in [0.3, 0.4) is 0 Å². The Balaban J connectivity index is 1.40. The number of hydrogen-bond acceptors (Lipinski definition) is 7. The molecule has 2 aliphatic rings. The van der Waals surface area contributed by atoms with E-state index in [0.29, 0.717) is 54.5 Å². The van der Waals surface area contributed by atoms with Crippen LogP contribution in [0.2, 0.25) is 0 Å². The standard InChI is InChI=1S/C25H26N4O4/c1-16-15-29(19-13-23(30)28(2)18-8-7-17(14-26)27-24(18)19)10-9-20(16)33-22-6-3-5-21-25(22)32-12-4-11-31-21/h3,5-8,13,16,20H,4,9-12,15H2,1-2H3/t16-,20-/m1/s1. The first-order valence-corrected chi connectivity index (χ1v) is 11.3. The fourth-order valence-electron chi connectivity index (χ4n) is 4.56. The molecule has 0 spiro atoms. The van der Waals surface area contributed by atoms with E-state index in [4.69, 9.17) is 14.2 Å². The molecule has 0 radical (unpaired) electrons. The van der Waals surface area contributed by atoms with Gasteiger partial charge in [0.15, 0.2) is 11.5 Å². The highest BCUT2D eigenvalue weighted by atomic mass is 16.6. The van der Waals surface area contributed by atoms with Gasteiger partial charge in [-0.25, -0.2) is 4.98 Å². The molecule has 1 aromatic carbocycles. The molecule has 8 nitrogen and oxygen atoms in total. The van der Waals surface area contributed by atoms with Gasteiger partial charge in [-0.1, -0.05) is 13.0 Å². The monoisotopic (exact) mass is 446 g/mol. The van der Waals surface area contributed by atoms with Crippen molar-refractivity contribution in [2.45, 2.75) is 25.9 Å². The molecule has 8 heteroatoms. The highest BCUT2D eigenvalue weighted by Crippen LogP contribution is 2.40. The minimum Gasteiger partial charge on any atom is -0.489 e. The fourth-order valence-corrected chi connectivity index (χ4v) is 4.56. The molecule has 4 heterocycles. The number of benzene rings is 1. The molecular weight excluding hydrogens is 420 g/mol. The number of aromatic nitrogens is 2. The number of para-hydroxylation sites is 1. The number of pyridine rings is 2. The van der Waals surface area contributed by atoms with Crippen molar-refractivity contribution in [3.63, 3.8) is 0 Å². The smallest absolute Gasteiger partial charge is 0.252 e. The molecule has 0 saturated carbocycles. The van der Waals surface area contributed by atoms with Crippen molar-refractivity contribution < 1.29 is 14.2 Å². The summed E-state index contributed by atoms with van der Waals surface area (Å²) < 4.78 is 19.7. The maximum Gasteiger partial charge on any atom is 0.252 e. The summed E-state index contributed by atoms with van der Waals surface area (Å²) in [7, 11) is 1.72. The van der Waals surface area contributed by atoms with Gasteiger partial charge in [0.05, 0.1) is 24.4 Å². The Bertz CT molecular complexity index is 1300. The summed E-state index contributed by atoms with van der Waals surface area (Å²) in [5, 5.41) is 9.31. The molecule has 33 heavy (non-hydrogen) atoms. The number of fused-ring (bicyclic) bond motifs is 2. The molecule has 2 atom stereocenters. The minimum absolute atomic E-state index is 0.0000381. The number of anilines is 1. The van der Waals surface area contributed by atoms with E-state index in [1.807, 2.05) is 18.2 Å². The number of piperidine rings is 1. The number of aryl methyl sites for hydroxylation is 1. The summed E-state index contributed by atoms with van der Waals surface area (Å²) in [5.74, 6) is 2.30. The number of nitrogens with zero attached hydrogens (tertiary/aromatic N) is 4. The zero-order valence-corrected chi connectivity index (χ0v) is 18.8. The second-order valence-corrected chi connectivity index (χ2v) is 8.61. The van der Waals surface area contributed by atoms with E-state index >= 15 is 0 Å². The summed E-state index contributed by atoms with van der Waals surface area (Å²) in [5.41, 5.74) is 2.38. The van der Waals surface area contributed by atoms with Crippen LogP contribution in [0.25, 0.3) is 11.0 Å². The normalized spacial score (nSPS) is 20.2. The number of nitriles is 1. The van der Waals surface area contributed by atoms with Crippen molar-refractivity contribution in [1.82, 2.24) is 9.55 Å². The third-order valence-electron chi connectivity index (χ3n) is 6.36. The molecule has 0 unspecified atom stereocenters. The third kappa shape index (κ3) is 3.95. The van der Waals surface area contributed by atoms with Crippen molar-refractivity contribution in [1.29, 1.82) is 5.26 Å². The Labute approximate surface area is 191 Å². The highest BCUT2D eigenvalue weighted by molar-refractivity contribution is 5.88. The van der Waals surface area contributed by atoms with E-state index in [0.717, 1.165) is 24.3 Å². The summed E-state index contributed by atoms with van der Waals surface area (Å²) in [6.07, 6.45) is 1.62. The lowest BCUT2D eigenvalue weighted by Crippen LogP contribution is -2.45. The van der Waals surface area contributed by atoms with Gasteiger partial charge >= 0.3 is 0 Å². The van der Waals surface area contributed by atoms with Gasteiger partial charge in [0.25, 0.3) is 5.56 Å². The van der Waals surface area contributed by atoms with Crippen LogP contribution in [-0.2, 0) is 7.05 Å². The van der Waals surface area contributed by atoms with Crippen LogP contribution < -0.4 is 24.7 Å². The number of ether oxygens (including phenoxy) is 3. The van der Waals surface area contributed by atoms with E-state index < -0.39 is 0 Å². The van der Waals surface area contributed by atoms with Crippen LogP contribution in [0.5, 0.6) is 17.2 Å². The molecule has 1 fully saturated rings. The largest absolute Gasteiger partial charge is 0.489 e. The minimum atomic E-state index is -0.0980. The lowest BCUT2D eigenvalue weighted by atomic mass is 9.95. The summed E-state index contributed by atoms with van der Waals surface area (Å²) in [4.78, 5) is 19.3. The van der Waals surface area contributed by atoms with Crippen molar-refractivity contribution in [2.24, 2.45) is 13.0 Å². The quantitative estimate of drug-likeness (QED) is 0.610. The number of rotatable bonds is 3. The number of hydrogen-bond donors (Lipinski definition) is 0. The molecule has 2 aliphatic heterocycles. The second kappa shape index (κ2) is 8.66. The molecule has 0 amide bonds. The fraction of sp³-hybridized carbons (Fsp3) is 0.400. The lowest BCUT2D eigenvalue weighted by molar-refractivity contribution is 0.116. The predicted molar refractivity (Wildman–Crippen MR) is 124 cm³/mol.